The number of aromatic nitrogens is 2. The molecule has 1 unspecified atom stereocenters. The Balaban J connectivity index is 2.65. The van der Waals surface area contributed by atoms with Gasteiger partial charge in [0.1, 0.15) is 10.3 Å². The van der Waals surface area contributed by atoms with Crippen molar-refractivity contribution in [2.24, 2.45) is 0 Å². The lowest BCUT2D eigenvalue weighted by atomic mass is 10.3. The van der Waals surface area contributed by atoms with Gasteiger partial charge in [0.25, 0.3) is 5.56 Å². The first-order valence-corrected chi connectivity index (χ1v) is 6.59. The van der Waals surface area contributed by atoms with E-state index in [0.717, 1.165) is 19.6 Å². The summed E-state index contributed by atoms with van der Waals surface area (Å²) in [6.07, 6.45) is 1.40. The highest BCUT2D eigenvalue weighted by Crippen LogP contribution is 2.14. The summed E-state index contributed by atoms with van der Waals surface area (Å²) in [4.78, 5) is 20.3. The van der Waals surface area contributed by atoms with Gasteiger partial charge in [-0.05, 0) is 35.9 Å². The molecule has 5 nitrogen and oxygen atoms in total. The van der Waals surface area contributed by atoms with Crippen LogP contribution in [0.25, 0.3) is 0 Å². The van der Waals surface area contributed by atoms with E-state index in [4.69, 9.17) is 0 Å². The zero-order valence-electron chi connectivity index (χ0n) is 10.5. The number of H-pyrrole nitrogens is 1. The van der Waals surface area contributed by atoms with Crippen LogP contribution in [0.1, 0.15) is 20.8 Å². The molecule has 0 aliphatic heterocycles. The number of hydrogen-bond donors (Lipinski definition) is 2. The molecule has 0 saturated heterocycles. The number of nitrogens with one attached hydrogen (secondary N) is 2. The van der Waals surface area contributed by atoms with Gasteiger partial charge in [-0.25, -0.2) is 4.98 Å². The van der Waals surface area contributed by atoms with E-state index in [0.29, 0.717) is 10.3 Å². The molecule has 0 amide bonds. The highest BCUT2D eigenvalue weighted by atomic mass is 79.9. The molecule has 1 rings (SSSR count). The molecule has 1 aromatic rings. The monoisotopic (exact) mass is 302 g/mol. The summed E-state index contributed by atoms with van der Waals surface area (Å²) in [7, 11) is 0. The number of anilines is 1. The van der Waals surface area contributed by atoms with Crippen molar-refractivity contribution in [2.45, 2.75) is 26.8 Å². The van der Waals surface area contributed by atoms with Crippen LogP contribution in [0, 0.1) is 0 Å². The number of rotatable bonds is 6. The third kappa shape index (κ3) is 4.12. The van der Waals surface area contributed by atoms with E-state index in [2.05, 4.69) is 56.9 Å². The van der Waals surface area contributed by atoms with Crippen molar-refractivity contribution in [1.82, 2.24) is 14.9 Å². The molecular formula is C11H19BrN4O. The average molecular weight is 303 g/mol. The SMILES string of the molecule is CCN(CC)CC(C)Nc1nc[nH]c(=O)c1Br. The van der Waals surface area contributed by atoms with Gasteiger partial charge in [-0.3, -0.25) is 4.79 Å². The van der Waals surface area contributed by atoms with Crippen LogP contribution in [-0.4, -0.2) is 40.5 Å². The number of hydrogen-bond acceptors (Lipinski definition) is 4. The first-order valence-electron chi connectivity index (χ1n) is 5.80. The maximum absolute atomic E-state index is 11.4. The minimum Gasteiger partial charge on any atom is -0.365 e. The normalized spacial score (nSPS) is 12.8. The van der Waals surface area contributed by atoms with Gasteiger partial charge in [0.05, 0.1) is 6.33 Å². The smallest absolute Gasteiger partial charge is 0.267 e. The Kier molecular flexibility index (Phi) is 5.64. The van der Waals surface area contributed by atoms with Crippen LogP contribution in [0.5, 0.6) is 0 Å². The lowest BCUT2D eigenvalue weighted by Crippen LogP contribution is -2.35. The van der Waals surface area contributed by atoms with Gasteiger partial charge in [0, 0.05) is 12.6 Å². The topological polar surface area (TPSA) is 61.0 Å². The van der Waals surface area contributed by atoms with Gasteiger partial charge in [-0.1, -0.05) is 13.8 Å². The highest BCUT2D eigenvalue weighted by molar-refractivity contribution is 9.10. The fraction of sp³-hybridized carbons (Fsp3) is 0.636. The second-order valence-electron chi connectivity index (χ2n) is 3.93. The summed E-state index contributed by atoms with van der Waals surface area (Å²) in [6.45, 7) is 9.32. The van der Waals surface area contributed by atoms with Gasteiger partial charge in [0.15, 0.2) is 0 Å². The summed E-state index contributed by atoms with van der Waals surface area (Å²) in [5.74, 6) is 0.591. The maximum Gasteiger partial charge on any atom is 0.267 e. The fourth-order valence-electron chi connectivity index (χ4n) is 1.63. The minimum absolute atomic E-state index is 0.169. The van der Waals surface area contributed by atoms with Crippen molar-refractivity contribution in [3.63, 3.8) is 0 Å². The van der Waals surface area contributed by atoms with E-state index < -0.39 is 0 Å². The van der Waals surface area contributed by atoms with Gasteiger partial charge >= 0.3 is 0 Å². The minimum atomic E-state index is -0.169. The summed E-state index contributed by atoms with van der Waals surface area (Å²) in [5, 5.41) is 3.23. The van der Waals surface area contributed by atoms with Crippen LogP contribution >= 0.6 is 15.9 Å². The average Bonchev–Trinajstić information content (AvgIpc) is 2.32. The van der Waals surface area contributed by atoms with Crippen LogP contribution < -0.4 is 10.9 Å². The lowest BCUT2D eigenvalue weighted by molar-refractivity contribution is 0.294. The van der Waals surface area contributed by atoms with E-state index >= 15 is 0 Å². The molecule has 0 aromatic carbocycles. The Labute approximate surface area is 110 Å². The molecule has 96 valence electrons. The maximum atomic E-state index is 11.4. The third-order valence-corrected chi connectivity index (χ3v) is 3.34. The molecule has 0 saturated carbocycles. The van der Waals surface area contributed by atoms with Crippen LogP contribution in [0.15, 0.2) is 15.6 Å². The summed E-state index contributed by atoms with van der Waals surface area (Å²) in [6, 6.07) is 0.237. The first-order chi connectivity index (χ1) is 8.08. The number of aromatic amines is 1. The zero-order chi connectivity index (χ0) is 12.8. The van der Waals surface area contributed by atoms with E-state index in [1.54, 1.807) is 0 Å². The van der Waals surface area contributed by atoms with Gasteiger partial charge in [-0.2, -0.15) is 0 Å². The molecule has 1 aromatic heterocycles. The van der Waals surface area contributed by atoms with E-state index in [1.807, 2.05) is 0 Å². The molecule has 6 heteroatoms. The molecule has 2 N–H and O–H groups in total. The van der Waals surface area contributed by atoms with Crippen LogP contribution in [0.4, 0.5) is 5.82 Å². The van der Waals surface area contributed by atoms with Gasteiger partial charge in [0.2, 0.25) is 0 Å². The number of nitrogens with zero attached hydrogens (tertiary/aromatic N) is 2. The zero-order valence-corrected chi connectivity index (χ0v) is 12.0. The Hall–Kier alpha value is -0.880. The predicted octanol–water partition coefficient (Wildman–Crippen LogP) is 1.67. The van der Waals surface area contributed by atoms with Crippen molar-refractivity contribution in [1.29, 1.82) is 0 Å². The molecule has 0 aliphatic rings. The Morgan fingerprint density at radius 2 is 2.18 bits per heavy atom. The number of likely N-dealkylation sites (N-methyl/N-ethyl adjacent to an activating group) is 1. The quantitative estimate of drug-likeness (QED) is 0.839. The van der Waals surface area contributed by atoms with E-state index in [1.165, 1.54) is 6.33 Å². The largest absolute Gasteiger partial charge is 0.365 e. The lowest BCUT2D eigenvalue weighted by Gasteiger charge is -2.23. The van der Waals surface area contributed by atoms with Crippen LogP contribution in [0.2, 0.25) is 0 Å². The summed E-state index contributed by atoms with van der Waals surface area (Å²) < 4.78 is 0.450. The molecule has 0 radical (unpaired) electrons. The van der Waals surface area contributed by atoms with E-state index in [9.17, 15) is 4.79 Å². The van der Waals surface area contributed by atoms with Crippen LogP contribution in [-0.2, 0) is 0 Å². The van der Waals surface area contributed by atoms with E-state index in [-0.39, 0.29) is 11.6 Å². The third-order valence-electron chi connectivity index (χ3n) is 2.61. The van der Waals surface area contributed by atoms with Crippen molar-refractivity contribution in [2.75, 3.05) is 25.0 Å². The first kappa shape index (κ1) is 14.2. The molecule has 1 atom stereocenters. The van der Waals surface area contributed by atoms with Crippen molar-refractivity contribution < 1.29 is 0 Å². The van der Waals surface area contributed by atoms with Crippen molar-refractivity contribution in [3.8, 4) is 0 Å². The molecule has 0 fully saturated rings. The summed E-state index contributed by atoms with van der Waals surface area (Å²) >= 11 is 3.23. The Bertz CT molecular complexity index is 403. The van der Waals surface area contributed by atoms with Gasteiger partial charge in [-0.15, -0.1) is 0 Å². The predicted molar refractivity (Wildman–Crippen MR) is 73.4 cm³/mol. The molecule has 0 aliphatic carbocycles. The fourth-order valence-corrected chi connectivity index (χ4v) is 1.96. The Morgan fingerprint density at radius 3 is 2.76 bits per heavy atom. The molecular weight excluding hydrogens is 284 g/mol. The summed E-state index contributed by atoms with van der Waals surface area (Å²) in [5.41, 5.74) is -0.169. The Morgan fingerprint density at radius 1 is 1.53 bits per heavy atom. The second-order valence-corrected chi connectivity index (χ2v) is 4.72. The standard InChI is InChI=1S/C11H19BrN4O/c1-4-16(5-2)6-8(3)15-10-9(12)11(17)14-7-13-10/h7-8H,4-6H2,1-3H3,(H2,13,14,15,17). The second kappa shape index (κ2) is 6.76. The molecule has 0 bridgehead atoms. The molecule has 0 spiro atoms. The van der Waals surface area contributed by atoms with Crippen molar-refractivity contribution >= 4 is 21.7 Å². The van der Waals surface area contributed by atoms with Crippen molar-refractivity contribution in [3.05, 3.63) is 21.2 Å². The number of halogens is 1. The van der Waals surface area contributed by atoms with Crippen LogP contribution in [0.3, 0.4) is 0 Å². The van der Waals surface area contributed by atoms with Gasteiger partial charge < -0.3 is 15.2 Å². The highest BCUT2D eigenvalue weighted by Gasteiger charge is 2.10. The molecule has 17 heavy (non-hydrogen) atoms. The molecule has 1 heterocycles.